The van der Waals surface area contributed by atoms with Crippen LogP contribution >= 0.6 is 0 Å². The summed E-state index contributed by atoms with van der Waals surface area (Å²) in [4.78, 5) is 2.31. The molecular weight excluding hydrogens is 388 g/mol. The first-order valence-electron chi connectivity index (χ1n) is 10.7. The number of nitrogens with zero attached hydrogens (tertiary/aromatic N) is 1. The second kappa shape index (κ2) is 9.41. The van der Waals surface area contributed by atoms with Crippen LogP contribution in [0.3, 0.4) is 0 Å². The molecule has 1 saturated carbocycles. The number of benzene rings is 2. The summed E-state index contributed by atoms with van der Waals surface area (Å²) in [5.74, 6) is -1.09. The van der Waals surface area contributed by atoms with E-state index in [1.54, 1.807) is 0 Å². The Balaban J connectivity index is 1.34. The molecule has 162 valence electrons. The number of aliphatic hydroxyl groups is 1. The molecule has 30 heavy (non-hydrogen) atoms. The van der Waals surface area contributed by atoms with Crippen molar-refractivity contribution in [1.29, 1.82) is 0 Å². The number of rotatable bonds is 5. The number of hydrogen-bond acceptors (Lipinski definition) is 4. The normalized spacial score (nSPS) is 28.1. The van der Waals surface area contributed by atoms with Gasteiger partial charge in [-0.1, -0.05) is 30.3 Å². The topological polar surface area (TPSA) is 41.9 Å². The highest BCUT2D eigenvalue weighted by Gasteiger charge is 2.37. The molecule has 0 aromatic heterocycles. The summed E-state index contributed by atoms with van der Waals surface area (Å²) in [6.07, 6.45) is 4.44. The van der Waals surface area contributed by atoms with E-state index in [0.717, 1.165) is 44.4 Å². The average Bonchev–Trinajstić information content (AvgIpc) is 2.97. The van der Waals surface area contributed by atoms with E-state index in [4.69, 9.17) is 9.47 Å². The van der Waals surface area contributed by atoms with E-state index in [0.29, 0.717) is 25.1 Å². The van der Waals surface area contributed by atoms with E-state index in [2.05, 4.69) is 35.2 Å². The fourth-order valence-corrected chi connectivity index (χ4v) is 4.63. The Bertz CT molecular complexity index is 826. The largest absolute Gasteiger partial charge is 0.490 e. The van der Waals surface area contributed by atoms with Crippen LogP contribution in [0.25, 0.3) is 0 Å². The Hall–Kier alpha value is -2.02. The average molecular weight is 417 g/mol. The molecule has 0 amide bonds. The van der Waals surface area contributed by atoms with Gasteiger partial charge in [-0.25, -0.2) is 8.78 Å². The predicted octanol–water partition coefficient (Wildman–Crippen LogP) is 4.13. The molecule has 2 aromatic rings. The lowest BCUT2D eigenvalue weighted by molar-refractivity contribution is -0.0683. The number of halogens is 2. The zero-order valence-electron chi connectivity index (χ0n) is 17.1. The van der Waals surface area contributed by atoms with Crippen LogP contribution in [-0.4, -0.2) is 54.6 Å². The maximum Gasteiger partial charge on any atom is 0.162 e. The third-order valence-electron chi connectivity index (χ3n) is 6.27. The van der Waals surface area contributed by atoms with E-state index in [-0.39, 0.29) is 19.0 Å². The third-order valence-corrected chi connectivity index (χ3v) is 6.27. The van der Waals surface area contributed by atoms with Crippen molar-refractivity contribution in [3.63, 3.8) is 0 Å². The van der Waals surface area contributed by atoms with Gasteiger partial charge in [-0.05, 0) is 49.3 Å². The molecule has 1 unspecified atom stereocenters. The van der Waals surface area contributed by atoms with Gasteiger partial charge in [0.05, 0.1) is 13.2 Å². The Kier molecular flexibility index (Phi) is 6.66. The Morgan fingerprint density at radius 1 is 1.03 bits per heavy atom. The van der Waals surface area contributed by atoms with Crippen LogP contribution in [0.2, 0.25) is 0 Å². The molecule has 1 saturated heterocycles. The minimum atomic E-state index is -1.20. The molecule has 2 fully saturated rings. The molecule has 1 aliphatic carbocycles. The predicted molar refractivity (Wildman–Crippen MR) is 111 cm³/mol. The Morgan fingerprint density at radius 3 is 2.53 bits per heavy atom. The Labute approximate surface area is 176 Å². The zero-order valence-corrected chi connectivity index (χ0v) is 17.1. The molecule has 1 atom stereocenters. The monoisotopic (exact) mass is 417 g/mol. The molecule has 0 spiro atoms. The van der Waals surface area contributed by atoms with Crippen molar-refractivity contribution in [2.45, 2.75) is 43.2 Å². The van der Waals surface area contributed by atoms with Crippen molar-refractivity contribution in [2.75, 3.05) is 32.9 Å². The van der Waals surface area contributed by atoms with Crippen molar-refractivity contribution in [2.24, 2.45) is 0 Å². The summed E-state index contributed by atoms with van der Waals surface area (Å²) in [6.45, 7) is 1.90. The van der Waals surface area contributed by atoms with Crippen LogP contribution in [0, 0.1) is 11.6 Å². The lowest BCUT2D eigenvalue weighted by Crippen LogP contribution is -2.52. The molecule has 2 aliphatic rings. The van der Waals surface area contributed by atoms with Crippen molar-refractivity contribution in [1.82, 2.24) is 4.90 Å². The van der Waals surface area contributed by atoms with Gasteiger partial charge >= 0.3 is 0 Å². The van der Waals surface area contributed by atoms with Crippen LogP contribution in [0.4, 0.5) is 8.78 Å². The van der Waals surface area contributed by atoms with Gasteiger partial charge in [-0.15, -0.1) is 0 Å². The first-order valence-corrected chi connectivity index (χ1v) is 10.7. The molecule has 6 heteroatoms. The summed E-state index contributed by atoms with van der Waals surface area (Å²) in [6, 6.07) is 14.5. The standard InChI is InChI=1S/C24H29F2NO3/c25-22-11-10-21(14-23(22)26)30-17-24(28)15-27(12-13-29-16-24)20-8-6-19(7-9-20)18-4-2-1-3-5-18/h1-5,10-11,14,19-20,28H,6-9,12-13,15-17H2. The van der Waals surface area contributed by atoms with E-state index < -0.39 is 17.2 Å². The van der Waals surface area contributed by atoms with Crippen LogP contribution in [0.1, 0.15) is 37.2 Å². The van der Waals surface area contributed by atoms with Gasteiger partial charge in [-0.3, -0.25) is 4.90 Å². The van der Waals surface area contributed by atoms with E-state index >= 15 is 0 Å². The van der Waals surface area contributed by atoms with Crippen molar-refractivity contribution in [3.8, 4) is 5.75 Å². The smallest absolute Gasteiger partial charge is 0.162 e. The highest BCUT2D eigenvalue weighted by molar-refractivity contribution is 5.24. The summed E-state index contributed by atoms with van der Waals surface area (Å²) in [5.41, 5.74) is 0.212. The summed E-state index contributed by atoms with van der Waals surface area (Å²) in [7, 11) is 0. The third kappa shape index (κ3) is 5.17. The molecule has 4 rings (SSSR count). The zero-order chi connectivity index (χ0) is 21.0. The lowest BCUT2D eigenvalue weighted by atomic mass is 9.81. The van der Waals surface area contributed by atoms with Crippen molar-refractivity contribution in [3.05, 3.63) is 65.7 Å². The van der Waals surface area contributed by atoms with Crippen molar-refractivity contribution < 1.29 is 23.4 Å². The maximum absolute atomic E-state index is 13.4. The minimum Gasteiger partial charge on any atom is -0.490 e. The molecule has 4 nitrogen and oxygen atoms in total. The molecule has 1 heterocycles. The quantitative estimate of drug-likeness (QED) is 0.794. The van der Waals surface area contributed by atoms with Crippen LogP contribution in [0.5, 0.6) is 5.75 Å². The maximum atomic E-state index is 13.4. The van der Waals surface area contributed by atoms with E-state index in [1.807, 2.05) is 0 Å². The van der Waals surface area contributed by atoms with E-state index in [9.17, 15) is 13.9 Å². The van der Waals surface area contributed by atoms with Gasteiger partial charge in [0.1, 0.15) is 18.0 Å². The van der Waals surface area contributed by atoms with Gasteiger partial charge in [0, 0.05) is 25.2 Å². The first kappa shape index (κ1) is 21.2. The van der Waals surface area contributed by atoms with Gasteiger partial charge in [0.2, 0.25) is 0 Å². The number of β-amino-alcohol motifs (C(OH)–C–C–N with tert-alkyl or cyclic N) is 1. The van der Waals surface area contributed by atoms with Gasteiger partial charge in [0.25, 0.3) is 0 Å². The first-order chi connectivity index (χ1) is 14.5. The second-order valence-electron chi connectivity index (χ2n) is 8.53. The highest BCUT2D eigenvalue weighted by atomic mass is 19.2. The Morgan fingerprint density at radius 2 is 1.80 bits per heavy atom. The fourth-order valence-electron chi connectivity index (χ4n) is 4.63. The fraction of sp³-hybridized carbons (Fsp3) is 0.500. The molecule has 1 aliphatic heterocycles. The van der Waals surface area contributed by atoms with Gasteiger partial charge < -0.3 is 14.6 Å². The molecule has 0 bridgehead atoms. The molecular formula is C24H29F2NO3. The molecule has 0 radical (unpaired) electrons. The van der Waals surface area contributed by atoms with Crippen LogP contribution in [0.15, 0.2) is 48.5 Å². The summed E-state index contributed by atoms with van der Waals surface area (Å²) in [5, 5.41) is 11.1. The minimum absolute atomic E-state index is 0.0338. The summed E-state index contributed by atoms with van der Waals surface area (Å²) >= 11 is 0. The second-order valence-corrected chi connectivity index (χ2v) is 8.53. The van der Waals surface area contributed by atoms with Crippen molar-refractivity contribution >= 4 is 0 Å². The number of hydrogen-bond donors (Lipinski definition) is 1. The molecule has 2 aromatic carbocycles. The van der Waals surface area contributed by atoms with Crippen LogP contribution in [-0.2, 0) is 4.74 Å². The highest BCUT2D eigenvalue weighted by Crippen LogP contribution is 2.35. The SMILES string of the molecule is OC1(COc2ccc(F)c(F)c2)COCCN(C2CCC(c3ccccc3)CC2)C1. The van der Waals surface area contributed by atoms with E-state index in [1.165, 1.54) is 11.6 Å². The van der Waals surface area contributed by atoms with Crippen LogP contribution < -0.4 is 4.74 Å². The summed E-state index contributed by atoms with van der Waals surface area (Å²) < 4.78 is 37.8. The molecule has 1 N–H and O–H groups in total. The lowest BCUT2D eigenvalue weighted by Gasteiger charge is -2.39. The van der Waals surface area contributed by atoms with Gasteiger partial charge in [-0.2, -0.15) is 0 Å². The van der Waals surface area contributed by atoms with Gasteiger partial charge in [0.15, 0.2) is 11.6 Å². The number of ether oxygens (including phenoxy) is 2.